The molecule has 3 nitrogen and oxygen atoms in total. The zero-order valence-electron chi connectivity index (χ0n) is 14.1. The predicted molar refractivity (Wildman–Crippen MR) is 89.4 cm³/mol. The number of rotatable bonds is 8. The van der Waals surface area contributed by atoms with E-state index in [0.717, 1.165) is 31.3 Å². The highest BCUT2D eigenvalue weighted by Crippen LogP contribution is 2.33. The van der Waals surface area contributed by atoms with Gasteiger partial charge in [0.15, 0.2) is 0 Å². The van der Waals surface area contributed by atoms with Gasteiger partial charge >= 0.3 is 0 Å². The van der Waals surface area contributed by atoms with Crippen LogP contribution in [0.3, 0.4) is 0 Å². The lowest BCUT2D eigenvalue weighted by Gasteiger charge is -2.34. The maximum atomic E-state index is 4.43. The average Bonchev–Trinajstić information content (AvgIpc) is 2.99. The van der Waals surface area contributed by atoms with Crippen LogP contribution < -0.4 is 5.32 Å². The standard InChI is InChI=1S/C18H33N3/c1-4-11-19-18(12-16-13-20-21(6-3)14-16)17-9-7-15(5-2)8-10-17/h13-15,17-19H,4-12H2,1-3H3. The normalized spacial score (nSPS) is 24.1. The summed E-state index contributed by atoms with van der Waals surface area (Å²) in [5.74, 6) is 1.83. The van der Waals surface area contributed by atoms with Gasteiger partial charge in [-0.2, -0.15) is 5.10 Å². The summed E-state index contributed by atoms with van der Waals surface area (Å²) in [6, 6.07) is 0.636. The van der Waals surface area contributed by atoms with Crippen LogP contribution in [0.1, 0.15) is 64.9 Å². The van der Waals surface area contributed by atoms with E-state index in [0.29, 0.717) is 6.04 Å². The summed E-state index contributed by atoms with van der Waals surface area (Å²) in [5.41, 5.74) is 1.39. The van der Waals surface area contributed by atoms with Crippen LogP contribution in [0.5, 0.6) is 0 Å². The largest absolute Gasteiger partial charge is 0.313 e. The molecule has 1 saturated carbocycles. The van der Waals surface area contributed by atoms with E-state index >= 15 is 0 Å². The Kier molecular flexibility index (Phi) is 6.75. The van der Waals surface area contributed by atoms with Gasteiger partial charge in [-0.25, -0.2) is 0 Å². The molecule has 1 aliphatic carbocycles. The first-order valence-electron chi connectivity index (χ1n) is 9.01. The van der Waals surface area contributed by atoms with E-state index in [9.17, 15) is 0 Å². The van der Waals surface area contributed by atoms with E-state index in [4.69, 9.17) is 0 Å². The maximum absolute atomic E-state index is 4.43. The Labute approximate surface area is 130 Å². The molecule has 120 valence electrons. The fourth-order valence-corrected chi connectivity index (χ4v) is 3.67. The van der Waals surface area contributed by atoms with Gasteiger partial charge in [-0.05, 0) is 56.6 Å². The third-order valence-corrected chi connectivity index (χ3v) is 5.16. The topological polar surface area (TPSA) is 29.9 Å². The van der Waals surface area contributed by atoms with Gasteiger partial charge in [0.2, 0.25) is 0 Å². The molecule has 1 unspecified atom stereocenters. The second-order valence-corrected chi connectivity index (χ2v) is 6.66. The van der Waals surface area contributed by atoms with Gasteiger partial charge < -0.3 is 5.32 Å². The first-order chi connectivity index (χ1) is 10.3. The molecule has 1 aromatic heterocycles. The van der Waals surface area contributed by atoms with E-state index in [1.165, 1.54) is 44.1 Å². The van der Waals surface area contributed by atoms with Gasteiger partial charge in [0.05, 0.1) is 6.20 Å². The highest BCUT2D eigenvalue weighted by molar-refractivity contribution is 5.07. The van der Waals surface area contributed by atoms with E-state index in [1.54, 1.807) is 0 Å². The molecule has 0 aromatic carbocycles. The maximum Gasteiger partial charge on any atom is 0.0522 e. The van der Waals surface area contributed by atoms with Crippen LogP contribution in [-0.4, -0.2) is 22.4 Å². The van der Waals surface area contributed by atoms with Crippen molar-refractivity contribution in [2.45, 2.75) is 78.3 Å². The molecule has 0 aliphatic heterocycles. The minimum Gasteiger partial charge on any atom is -0.313 e. The molecule has 3 heteroatoms. The lowest BCUT2D eigenvalue weighted by Crippen LogP contribution is -2.40. The Balaban J connectivity index is 1.93. The molecule has 1 fully saturated rings. The van der Waals surface area contributed by atoms with Gasteiger partial charge in [0.25, 0.3) is 0 Å². The zero-order chi connectivity index (χ0) is 15.1. The third-order valence-electron chi connectivity index (χ3n) is 5.16. The van der Waals surface area contributed by atoms with Crippen molar-refractivity contribution in [2.75, 3.05) is 6.54 Å². The second kappa shape index (κ2) is 8.57. The summed E-state index contributed by atoms with van der Waals surface area (Å²) in [6.07, 6.45) is 13.7. The third kappa shape index (κ3) is 4.84. The first kappa shape index (κ1) is 16.5. The first-order valence-corrected chi connectivity index (χ1v) is 9.01. The van der Waals surface area contributed by atoms with Crippen molar-refractivity contribution in [3.63, 3.8) is 0 Å². The summed E-state index contributed by atoms with van der Waals surface area (Å²) < 4.78 is 2.04. The van der Waals surface area contributed by atoms with E-state index < -0.39 is 0 Å². The van der Waals surface area contributed by atoms with Crippen molar-refractivity contribution < 1.29 is 0 Å². The Morgan fingerprint density at radius 2 is 2.00 bits per heavy atom. The van der Waals surface area contributed by atoms with Crippen LogP contribution >= 0.6 is 0 Å². The Morgan fingerprint density at radius 1 is 1.24 bits per heavy atom. The molecular formula is C18H33N3. The van der Waals surface area contributed by atoms with Gasteiger partial charge in [-0.3, -0.25) is 4.68 Å². The summed E-state index contributed by atoms with van der Waals surface area (Å²) in [5, 5.41) is 8.24. The molecule has 2 rings (SSSR count). The minimum absolute atomic E-state index is 0.636. The molecule has 1 heterocycles. The van der Waals surface area contributed by atoms with Crippen LogP contribution in [0, 0.1) is 11.8 Å². The van der Waals surface area contributed by atoms with Crippen LogP contribution in [-0.2, 0) is 13.0 Å². The quantitative estimate of drug-likeness (QED) is 0.783. The van der Waals surface area contributed by atoms with Crippen molar-refractivity contribution in [1.82, 2.24) is 15.1 Å². The Hall–Kier alpha value is -0.830. The summed E-state index contributed by atoms with van der Waals surface area (Å²) >= 11 is 0. The van der Waals surface area contributed by atoms with Crippen molar-refractivity contribution >= 4 is 0 Å². The smallest absolute Gasteiger partial charge is 0.0522 e. The van der Waals surface area contributed by atoms with Gasteiger partial charge in [-0.1, -0.05) is 33.1 Å². The summed E-state index contributed by atoms with van der Waals surface area (Å²) in [4.78, 5) is 0. The van der Waals surface area contributed by atoms with Crippen LogP contribution in [0.25, 0.3) is 0 Å². The monoisotopic (exact) mass is 291 g/mol. The minimum atomic E-state index is 0.636. The highest BCUT2D eigenvalue weighted by Gasteiger charge is 2.27. The SMILES string of the molecule is CCCNC(Cc1cnn(CC)c1)C1CCC(CC)CC1. The van der Waals surface area contributed by atoms with Gasteiger partial charge in [0.1, 0.15) is 0 Å². The molecule has 0 radical (unpaired) electrons. The Bertz CT molecular complexity index is 391. The summed E-state index contributed by atoms with van der Waals surface area (Å²) in [6.45, 7) is 8.86. The number of hydrogen-bond donors (Lipinski definition) is 1. The lowest BCUT2D eigenvalue weighted by molar-refractivity contribution is 0.216. The number of aryl methyl sites for hydroxylation is 1. The Morgan fingerprint density at radius 3 is 2.57 bits per heavy atom. The lowest BCUT2D eigenvalue weighted by atomic mass is 9.76. The number of nitrogens with zero attached hydrogens (tertiary/aromatic N) is 2. The number of nitrogens with one attached hydrogen (secondary N) is 1. The summed E-state index contributed by atoms with van der Waals surface area (Å²) in [7, 11) is 0. The molecule has 0 saturated heterocycles. The van der Waals surface area contributed by atoms with E-state index in [2.05, 4.69) is 43.6 Å². The average molecular weight is 291 g/mol. The van der Waals surface area contributed by atoms with Crippen molar-refractivity contribution in [3.05, 3.63) is 18.0 Å². The van der Waals surface area contributed by atoms with Gasteiger partial charge in [-0.15, -0.1) is 0 Å². The zero-order valence-corrected chi connectivity index (χ0v) is 14.1. The molecule has 0 spiro atoms. The fraction of sp³-hybridized carbons (Fsp3) is 0.833. The highest BCUT2D eigenvalue weighted by atomic mass is 15.3. The van der Waals surface area contributed by atoms with Crippen molar-refractivity contribution in [1.29, 1.82) is 0 Å². The molecule has 1 N–H and O–H groups in total. The van der Waals surface area contributed by atoms with Crippen LogP contribution in [0.15, 0.2) is 12.4 Å². The fourth-order valence-electron chi connectivity index (χ4n) is 3.67. The van der Waals surface area contributed by atoms with Crippen molar-refractivity contribution in [3.8, 4) is 0 Å². The molecule has 21 heavy (non-hydrogen) atoms. The van der Waals surface area contributed by atoms with E-state index in [1.807, 2.05) is 4.68 Å². The second-order valence-electron chi connectivity index (χ2n) is 6.66. The molecular weight excluding hydrogens is 258 g/mol. The van der Waals surface area contributed by atoms with Crippen LogP contribution in [0.4, 0.5) is 0 Å². The molecule has 1 atom stereocenters. The predicted octanol–water partition coefficient (Wildman–Crippen LogP) is 4.03. The molecule has 1 aliphatic rings. The molecule has 0 amide bonds. The van der Waals surface area contributed by atoms with Gasteiger partial charge in [0, 0.05) is 18.8 Å². The van der Waals surface area contributed by atoms with E-state index in [-0.39, 0.29) is 0 Å². The number of hydrogen-bond acceptors (Lipinski definition) is 2. The van der Waals surface area contributed by atoms with Crippen LogP contribution in [0.2, 0.25) is 0 Å². The van der Waals surface area contributed by atoms with Crippen molar-refractivity contribution in [2.24, 2.45) is 11.8 Å². The molecule has 1 aromatic rings. The number of aromatic nitrogens is 2. The molecule has 0 bridgehead atoms.